The third kappa shape index (κ3) is 4.48. The van der Waals surface area contributed by atoms with Gasteiger partial charge in [-0.15, -0.1) is 12.4 Å². The van der Waals surface area contributed by atoms with Crippen molar-refractivity contribution in [1.82, 2.24) is 10.2 Å². The quantitative estimate of drug-likeness (QED) is 0.911. The number of amides is 1. The summed E-state index contributed by atoms with van der Waals surface area (Å²) in [4.78, 5) is 14.2. The van der Waals surface area contributed by atoms with Gasteiger partial charge in [0, 0.05) is 23.6 Å². The van der Waals surface area contributed by atoms with Gasteiger partial charge in [0.2, 0.25) is 5.91 Å². The summed E-state index contributed by atoms with van der Waals surface area (Å²) >= 11 is 3.49. The van der Waals surface area contributed by atoms with Crippen molar-refractivity contribution >= 4 is 34.2 Å². The van der Waals surface area contributed by atoms with Crippen LogP contribution in [0.4, 0.5) is 0 Å². The molecule has 1 heterocycles. The van der Waals surface area contributed by atoms with Gasteiger partial charge in [-0.05, 0) is 31.5 Å². The zero-order valence-corrected chi connectivity index (χ0v) is 13.5. The molecule has 106 valence electrons. The highest BCUT2D eigenvalue weighted by Crippen LogP contribution is 2.18. The minimum Gasteiger partial charge on any atom is -0.341 e. The molecular weight excluding hydrogens is 328 g/mol. The normalized spacial score (nSPS) is 18.8. The van der Waals surface area contributed by atoms with Gasteiger partial charge in [-0.1, -0.05) is 34.1 Å². The Kier molecular flexibility index (Phi) is 6.83. The smallest absolute Gasteiger partial charge is 0.227 e. The van der Waals surface area contributed by atoms with Crippen molar-refractivity contribution in [2.45, 2.75) is 25.3 Å². The Bertz CT molecular complexity index is 428. The lowest BCUT2D eigenvalue weighted by atomic mass is 10.0. The van der Waals surface area contributed by atoms with Crippen LogP contribution in [0.5, 0.6) is 0 Å². The number of likely N-dealkylation sites (tertiary alicyclic amines) is 1. The predicted molar refractivity (Wildman–Crippen MR) is 83.8 cm³/mol. The maximum atomic E-state index is 12.3. The van der Waals surface area contributed by atoms with Gasteiger partial charge in [0.05, 0.1) is 6.42 Å². The SMILES string of the molecule is CNC1CCCN(C(=O)Cc2ccccc2Br)C1.Cl. The summed E-state index contributed by atoms with van der Waals surface area (Å²) in [5.41, 5.74) is 1.06. The largest absolute Gasteiger partial charge is 0.341 e. The Balaban J connectivity index is 0.00000180. The second-order valence-corrected chi connectivity index (χ2v) is 5.59. The monoisotopic (exact) mass is 346 g/mol. The first-order valence-electron chi connectivity index (χ1n) is 6.39. The van der Waals surface area contributed by atoms with E-state index in [-0.39, 0.29) is 18.3 Å². The van der Waals surface area contributed by atoms with Crippen molar-refractivity contribution in [3.05, 3.63) is 34.3 Å². The fourth-order valence-electron chi connectivity index (χ4n) is 2.36. The molecule has 1 atom stereocenters. The third-order valence-corrected chi connectivity index (χ3v) is 4.26. The molecule has 1 saturated heterocycles. The van der Waals surface area contributed by atoms with E-state index in [9.17, 15) is 4.79 Å². The van der Waals surface area contributed by atoms with Crippen LogP contribution in [0, 0.1) is 0 Å². The van der Waals surface area contributed by atoms with E-state index in [2.05, 4.69) is 21.2 Å². The van der Waals surface area contributed by atoms with E-state index < -0.39 is 0 Å². The molecule has 1 fully saturated rings. The highest BCUT2D eigenvalue weighted by molar-refractivity contribution is 9.10. The number of nitrogens with zero attached hydrogens (tertiary/aromatic N) is 1. The fraction of sp³-hybridized carbons (Fsp3) is 0.500. The van der Waals surface area contributed by atoms with Crippen molar-refractivity contribution in [1.29, 1.82) is 0 Å². The maximum absolute atomic E-state index is 12.3. The lowest BCUT2D eigenvalue weighted by molar-refractivity contribution is -0.131. The molecule has 0 spiro atoms. The van der Waals surface area contributed by atoms with E-state index in [1.807, 2.05) is 36.2 Å². The molecule has 1 aromatic rings. The van der Waals surface area contributed by atoms with Gasteiger partial charge < -0.3 is 10.2 Å². The Morgan fingerprint density at radius 3 is 2.89 bits per heavy atom. The van der Waals surface area contributed by atoms with E-state index >= 15 is 0 Å². The molecule has 3 nitrogen and oxygen atoms in total. The maximum Gasteiger partial charge on any atom is 0.227 e. The number of nitrogens with one attached hydrogen (secondary N) is 1. The zero-order chi connectivity index (χ0) is 13.0. The van der Waals surface area contributed by atoms with Crippen LogP contribution < -0.4 is 5.32 Å². The van der Waals surface area contributed by atoms with Crippen LogP contribution in [0.3, 0.4) is 0 Å². The molecule has 0 bridgehead atoms. The van der Waals surface area contributed by atoms with E-state index in [4.69, 9.17) is 0 Å². The van der Waals surface area contributed by atoms with E-state index in [1.165, 1.54) is 0 Å². The Hall–Kier alpha value is -0.580. The molecule has 1 aliphatic heterocycles. The van der Waals surface area contributed by atoms with Gasteiger partial charge in [0.25, 0.3) is 0 Å². The van der Waals surface area contributed by atoms with Crippen LogP contribution in [0.2, 0.25) is 0 Å². The molecule has 1 aliphatic rings. The molecule has 19 heavy (non-hydrogen) atoms. The number of likely N-dealkylation sites (N-methyl/N-ethyl adjacent to an activating group) is 1. The molecule has 1 N–H and O–H groups in total. The summed E-state index contributed by atoms with van der Waals surface area (Å²) < 4.78 is 1.01. The van der Waals surface area contributed by atoms with Crippen molar-refractivity contribution in [3.63, 3.8) is 0 Å². The summed E-state index contributed by atoms with van der Waals surface area (Å²) in [5, 5.41) is 3.26. The van der Waals surface area contributed by atoms with Crippen molar-refractivity contribution in [2.75, 3.05) is 20.1 Å². The molecule has 1 unspecified atom stereocenters. The molecule has 0 aromatic heterocycles. The van der Waals surface area contributed by atoms with Crippen LogP contribution in [-0.4, -0.2) is 37.0 Å². The van der Waals surface area contributed by atoms with Crippen LogP contribution in [0.1, 0.15) is 18.4 Å². The number of hydrogen-bond donors (Lipinski definition) is 1. The summed E-state index contributed by atoms with van der Waals surface area (Å²) in [7, 11) is 1.96. The standard InChI is InChI=1S/C14H19BrN2O.ClH/c1-16-12-6-4-8-17(10-12)14(18)9-11-5-2-3-7-13(11)15;/h2-3,5,7,12,16H,4,6,8-10H2,1H3;1H. The Morgan fingerprint density at radius 2 is 2.21 bits per heavy atom. The zero-order valence-electron chi connectivity index (χ0n) is 11.1. The van der Waals surface area contributed by atoms with Crippen LogP contribution in [0.15, 0.2) is 28.7 Å². The molecule has 0 radical (unpaired) electrons. The average Bonchev–Trinajstić information content (AvgIpc) is 2.41. The molecule has 2 rings (SSSR count). The Labute approximate surface area is 129 Å². The number of rotatable bonds is 3. The fourth-order valence-corrected chi connectivity index (χ4v) is 2.78. The summed E-state index contributed by atoms with van der Waals surface area (Å²) in [6.45, 7) is 1.72. The summed E-state index contributed by atoms with van der Waals surface area (Å²) in [6.07, 6.45) is 2.74. The minimum atomic E-state index is 0. The summed E-state index contributed by atoms with van der Waals surface area (Å²) in [6, 6.07) is 8.37. The minimum absolute atomic E-state index is 0. The first-order valence-corrected chi connectivity index (χ1v) is 7.18. The third-order valence-electron chi connectivity index (χ3n) is 3.48. The van der Waals surface area contributed by atoms with Crippen LogP contribution in [-0.2, 0) is 11.2 Å². The number of hydrogen-bond acceptors (Lipinski definition) is 2. The second-order valence-electron chi connectivity index (χ2n) is 4.74. The lowest BCUT2D eigenvalue weighted by Gasteiger charge is -2.32. The molecule has 1 amide bonds. The molecule has 0 aliphatic carbocycles. The van der Waals surface area contributed by atoms with Crippen molar-refractivity contribution in [2.24, 2.45) is 0 Å². The van der Waals surface area contributed by atoms with Crippen LogP contribution in [0.25, 0.3) is 0 Å². The first-order chi connectivity index (χ1) is 8.70. The average molecular weight is 348 g/mol. The predicted octanol–water partition coefficient (Wildman–Crippen LogP) is 2.62. The van der Waals surface area contributed by atoms with Crippen LogP contribution >= 0.6 is 28.3 Å². The van der Waals surface area contributed by atoms with E-state index in [0.29, 0.717) is 12.5 Å². The first kappa shape index (κ1) is 16.5. The van der Waals surface area contributed by atoms with Gasteiger partial charge in [-0.2, -0.15) is 0 Å². The number of carbonyl (C=O) groups is 1. The second kappa shape index (κ2) is 7.88. The topological polar surface area (TPSA) is 32.3 Å². The van der Waals surface area contributed by atoms with Gasteiger partial charge in [0.1, 0.15) is 0 Å². The van der Waals surface area contributed by atoms with Gasteiger partial charge >= 0.3 is 0 Å². The van der Waals surface area contributed by atoms with Gasteiger partial charge in [0.15, 0.2) is 0 Å². The van der Waals surface area contributed by atoms with Gasteiger partial charge in [-0.25, -0.2) is 0 Å². The van der Waals surface area contributed by atoms with E-state index in [0.717, 1.165) is 36.0 Å². The number of carbonyl (C=O) groups excluding carboxylic acids is 1. The molecule has 0 saturated carbocycles. The van der Waals surface area contributed by atoms with Crippen molar-refractivity contribution in [3.8, 4) is 0 Å². The number of piperidine rings is 1. The number of benzene rings is 1. The molecule has 1 aromatic carbocycles. The highest BCUT2D eigenvalue weighted by Gasteiger charge is 2.22. The Morgan fingerprint density at radius 1 is 1.47 bits per heavy atom. The molecular formula is C14H20BrClN2O. The van der Waals surface area contributed by atoms with Crippen molar-refractivity contribution < 1.29 is 4.79 Å². The van der Waals surface area contributed by atoms with E-state index in [1.54, 1.807) is 0 Å². The number of halogens is 2. The molecule has 5 heteroatoms. The highest BCUT2D eigenvalue weighted by atomic mass is 79.9. The van der Waals surface area contributed by atoms with Gasteiger partial charge in [-0.3, -0.25) is 4.79 Å². The summed E-state index contributed by atoms with van der Waals surface area (Å²) in [5.74, 6) is 0.224. The lowest BCUT2D eigenvalue weighted by Crippen LogP contribution is -2.47.